The molecule has 1 fully saturated rings. The summed E-state index contributed by atoms with van der Waals surface area (Å²) in [4.78, 5) is 20.5. The number of nitriles is 1. The number of pyridine rings is 1. The van der Waals surface area contributed by atoms with E-state index in [-0.39, 0.29) is 6.54 Å². The van der Waals surface area contributed by atoms with E-state index >= 15 is 0 Å². The van der Waals surface area contributed by atoms with E-state index in [4.69, 9.17) is 14.2 Å². The number of carbonyl (C=O) groups excluding carboxylic acids is 1. The van der Waals surface area contributed by atoms with Crippen molar-refractivity contribution in [3.63, 3.8) is 0 Å². The molecule has 1 aliphatic rings. The van der Waals surface area contributed by atoms with E-state index in [0.717, 1.165) is 24.0 Å². The van der Waals surface area contributed by atoms with Crippen molar-refractivity contribution in [1.29, 1.82) is 5.26 Å². The lowest BCUT2D eigenvalue weighted by Crippen LogP contribution is -2.45. The second-order valence-electron chi connectivity index (χ2n) is 9.54. The number of fused-ring (bicyclic) bond motifs is 1. The molecule has 12 nitrogen and oxygen atoms in total. The summed E-state index contributed by atoms with van der Waals surface area (Å²) in [5, 5.41) is 10.6. The van der Waals surface area contributed by atoms with Gasteiger partial charge in [0.05, 0.1) is 31.0 Å². The summed E-state index contributed by atoms with van der Waals surface area (Å²) in [5.74, 6) is 1.11. The fourth-order valence-electron chi connectivity index (χ4n) is 4.13. The van der Waals surface area contributed by atoms with Crippen molar-refractivity contribution in [1.82, 2.24) is 19.3 Å². The molecule has 202 valence electrons. The largest absolute Gasteiger partial charge is 0.493 e. The molecular weight excluding hydrogens is 500 g/mol. The summed E-state index contributed by atoms with van der Waals surface area (Å²) in [6.45, 7) is 8.27. The summed E-state index contributed by atoms with van der Waals surface area (Å²) in [6, 6.07) is 5.88. The normalized spacial score (nSPS) is 15.1. The van der Waals surface area contributed by atoms with Crippen molar-refractivity contribution in [3.05, 3.63) is 23.9 Å². The van der Waals surface area contributed by atoms with Gasteiger partial charge >= 0.3 is 16.3 Å². The third-order valence-electron chi connectivity index (χ3n) is 5.71. The van der Waals surface area contributed by atoms with E-state index in [9.17, 15) is 18.5 Å². The van der Waals surface area contributed by atoms with Crippen molar-refractivity contribution in [2.45, 2.75) is 32.8 Å². The molecule has 3 rings (SSSR count). The number of methoxy groups -OCH3 is 2. The first-order valence-electron chi connectivity index (χ1n) is 11.9. The topological polar surface area (TPSA) is 146 Å². The highest BCUT2D eigenvalue weighted by atomic mass is 32.2. The highest BCUT2D eigenvalue weighted by Crippen LogP contribution is 2.37. The third-order valence-corrected chi connectivity index (χ3v) is 6.73. The van der Waals surface area contributed by atoms with Crippen LogP contribution in [0.1, 0.15) is 32.8 Å². The monoisotopic (exact) mass is 534 g/mol. The number of hydrogen-bond acceptors (Lipinski definition) is 10. The first-order valence-corrected chi connectivity index (χ1v) is 13.4. The molecule has 13 heteroatoms. The van der Waals surface area contributed by atoms with Crippen LogP contribution in [-0.2, 0) is 14.9 Å². The van der Waals surface area contributed by atoms with Crippen molar-refractivity contribution in [3.8, 4) is 17.6 Å². The molecule has 0 unspecified atom stereocenters. The van der Waals surface area contributed by atoms with Crippen LogP contribution in [-0.4, -0.2) is 83.5 Å². The van der Waals surface area contributed by atoms with E-state index in [1.807, 2.05) is 10.8 Å². The van der Waals surface area contributed by atoms with Gasteiger partial charge in [0.2, 0.25) is 0 Å². The van der Waals surface area contributed by atoms with Crippen LogP contribution < -0.4 is 23.8 Å². The molecule has 1 aromatic carbocycles. The molecule has 0 bridgehead atoms. The van der Waals surface area contributed by atoms with Gasteiger partial charge in [-0.1, -0.05) is 0 Å². The van der Waals surface area contributed by atoms with Gasteiger partial charge in [-0.25, -0.2) is 9.52 Å². The number of amides is 1. The van der Waals surface area contributed by atoms with Gasteiger partial charge in [0.1, 0.15) is 11.7 Å². The maximum absolute atomic E-state index is 12.2. The third kappa shape index (κ3) is 7.58. The zero-order valence-electron chi connectivity index (χ0n) is 21.8. The maximum atomic E-state index is 12.2. The Kier molecular flexibility index (Phi) is 9.01. The SMILES string of the molecule is COc1cc2ncc(C#N)c(N3CCCN(CCNS(=O)(=O)NC(=O)OC(C)(C)C)CC3)c2cc1OC. The summed E-state index contributed by atoms with van der Waals surface area (Å²) >= 11 is 0. The average Bonchev–Trinajstić information content (AvgIpc) is 3.06. The first kappa shape index (κ1) is 28.2. The fourth-order valence-corrected chi connectivity index (χ4v) is 4.82. The van der Waals surface area contributed by atoms with Crippen LogP contribution in [0.25, 0.3) is 10.9 Å². The van der Waals surface area contributed by atoms with Crippen molar-refractivity contribution >= 4 is 32.9 Å². The van der Waals surface area contributed by atoms with Crippen LogP contribution in [0, 0.1) is 11.3 Å². The van der Waals surface area contributed by atoms with E-state index in [2.05, 4.69) is 25.6 Å². The number of nitrogens with one attached hydrogen (secondary N) is 2. The van der Waals surface area contributed by atoms with Crippen molar-refractivity contribution in [2.75, 3.05) is 58.4 Å². The number of nitrogens with zero attached hydrogens (tertiary/aromatic N) is 4. The number of ether oxygens (including phenoxy) is 3. The lowest BCUT2D eigenvalue weighted by Gasteiger charge is -2.26. The minimum Gasteiger partial charge on any atom is -0.493 e. The second kappa shape index (κ2) is 11.8. The predicted molar refractivity (Wildman–Crippen MR) is 139 cm³/mol. The van der Waals surface area contributed by atoms with Gasteiger partial charge in [-0.15, -0.1) is 0 Å². The summed E-state index contributed by atoms with van der Waals surface area (Å²) in [5.41, 5.74) is 1.15. The highest BCUT2D eigenvalue weighted by molar-refractivity contribution is 7.88. The Hall–Kier alpha value is -3.34. The number of carbonyl (C=O) groups is 1. The number of rotatable bonds is 8. The molecule has 2 aromatic rings. The molecule has 2 heterocycles. The van der Waals surface area contributed by atoms with Crippen LogP contribution in [0.2, 0.25) is 0 Å². The van der Waals surface area contributed by atoms with Crippen molar-refractivity contribution < 1.29 is 27.4 Å². The Morgan fingerprint density at radius 1 is 1.14 bits per heavy atom. The van der Waals surface area contributed by atoms with Crippen LogP contribution in [0.4, 0.5) is 10.5 Å². The first-order chi connectivity index (χ1) is 17.5. The average molecular weight is 535 g/mol. The Morgan fingerprint density at radius 2 is 1.84 bits per heavy atom. The van der Waals surface area contributed by atoms with E-state index < -0.39 is 21.9 Å². The Morgan fingerprint density at radius 3 is 2.49 bits per heavy atom. The van der Waals surface area contributed by atoms with Gasteiger partial charge in [-0.3, -0.25) is 4.98 Å². The van der Waals surface area contributed by atoms with Crippen LogP contribution >= 0.6 is 0 Å². The molecule has 0 spiro atoms. The summed E-state index contributed by atoms with van der Waals surface area (Å²) in [7, 11) is -0.917. The molecule has 1 saturated heterocycles. The number of anilines is 1. The predicted octanol–water partition coefficient (Wildman–Crippen LogP) is 1.99. The van der Waals surface area contributed by atoms with Gasteiger partial charge in [-0.2, -0.15) is 18.4 Å². The number of hydrogen-bond donors (Lipinski definition) is 2. The smallest absolute Gasteiger partial charge is 0.422 e. The minimum atomic E-state index is -4.04. The molecule has 1 aromatic heterocycles. The van der Waals surface area contributed by atoms with E-state index in [1.54, 1.807) is 47.3 Å². The molecule has 0 radical (unpaired) electrons. The van der Waals surface area contributed by atoms with Crippen LogP contribution in [0.5, 0.6) is 11.5 Å². The standard InChI is InChI=1S/C24H34N6O6S/c1-24(2,3)36-23(31)28-37(32,33)27-7-10-29-8-6-9-30(12-11-29)22-17(15-25)16-26-19-14-21(35-5)20(34-4)13-18(19)22/h13-14,16,27H,6-12H2,1-5H3,(H,28,31). The number of aromatic nitrogens is 1. The minimum absolute atomic E-state index is 0.122. The van der Waals surface area contributed by atoms with Gasteiger partial charge in [0, 0.05) is 50.4 Å². The molecule has 37 heavy (non-hydrogen) atoms. The lowest BCUT2D eigenvalue weighted by atomic mass is 10.1. The molecule has 0 saturated carbocycles. The Bertz CT molecular complexity index is 1270. The van der Waals surface area contributed by atoms with Gasteiger partial charge in [-0.05, 0) is 39.8 Å². The summed E-state index contributed by atoms with van der Waals surface area (Å²) in [6.07, 6.45) is 1.35. The van der Waals surface area contributed by atoms with Gasteiger partial charge in [0.15, 0.2) is 11.5 Å². The van der Waals surface area contributed by atoms with Crippen LogP contribution in [0.3, 0.4) is 0 Å². The van der Waals surface area contributed by atoms with Crippen LogP contribution in [0.15, 0.2) is 18.3 Å². The molecule has 0 atom stereocenters. The summed E-state index contributed by atoms with van der Waals surface area (Å²) < 4.78 is 44.4. The van der Waals surface area contributed by atoms with E-state index in [1.165, 1.54) is 0 Å². The Labute approximate surface area is 217 Å². The zero-order valence-corrected chi connectivity index (χ0v) is 22.6. The quantitative estimate of drug-likeness (QED) is 0.515. The molecular formula is C24H34N6O6S. The van der Waals surface area contributed by atoms with Crippen molar-refractivity contribution in [2.24, 2.45) is 0 Å². The zero-order chi connectivity index (χ0) is 27.2. The second-order valence-corrected chi connectivity index (χ2v) is 11.0. The lowest BCUT2D eigenvalue weighted by molar-refractivity contribution is 0.0569. The Balaban J connectivity index is 1.67. The van der Waals surface area contributed by atoms with Gasteiger partial charge < -0.3 is 24.0 Å². The molecule has 0 aliphatic carbocycles. The number of benzene rings is 1. The van der Waals surface area contributed by atoms with Gasteiger partial charge in [0.25, 0.3) is 0 Å². The fraction of sp³-hybridized carbons (Fsp3) is 0.542. The molecule has 2 N–H and O–H groups in total. The highest BCUT2D eigenvalue weighted by Gasteiger charge is 2.23. The maximum Gasteiger partial charge on any atom is 0.422 e. The molecule has 1 aliphatic heterocycles. The van der Waals surface area contributed by atoms with E-state index in [0.29, 0.717) is 48.8 Å². The molecule has 1 amide bonds.